The summed E-state index contributed by atoms with van der Waals surface area (Å²) in [6.45, 7) is 4.97. The maximum atomic E-state index is 12.1. The van der Waals surface area contributed by atoms with Gasteiger partial charge in [0.05, 0.1) is 10.6 Å². The fourth-order valence-corrected chi connectivity index (χ4v) is 2.57. The zero-order valence-corrected chi connectivity index (χ0v) is 11.8. The van der Waals surface area contributed by atoms with E-state index in [2.05, 4.69) is 11.8 Å². The number of nitrogen functional groups attached to an aromatic ring is 1. The third-order valence-corrected chi connectivity index (χ3v) is 3.71. The third-order valence-electron chi connectivity index (χ3n) is 3.40. The van der Waals surface area contributed by atoms with Gasteiger partial charge in [0.15, 0.2) is 0 Å². The van der Waals surface area contributed by atoms with Crippen LogP contribution >= 0.6 is 11.6 Å². The van der Waals surface area contributed by atoms with Crippen LogP contribution in [0, 0.1) is 0 Å². The summed E-state index contributed by atoms with van der Waals surface area (Å²) in [5.41, 5.74) is 6.52. The Balaban J connectivity index is 2.00. The molecular weight excluding hydrogens is 264 g/mol. The van der Waals surface area contributed by atoms with Gasteiger partial charge in [-0.15, -0.1) is 0 Å². The predicted octanol–water partition coefficient (Wildman–Crippen LogP) is 2.56. The molecule has 1 aromatic carbocycles. The van der Waals surface area contributed by atoms with E-state index in [-0.39, 0.29) is 12.1 Å². The molecule has 2 N–H and O–H groups in total. The number of benzene rings is 1. The van der Waals surface area contributed by atoms with Crippen molar-refractivity contribution in [3.63, 3.8) is 0 Å². The molecule has 0 radical (unpaired) electrons. The highest BCUT2D eigenvalue weighted by Gasteiger charge is 2.23. The van der Waals surface area contributed by atoms with Gasteiger partial charge in [-0.05, 0) is 44.1 Å². The maximum absolute atomic E-state index is 12.1. The zero-order chi connectivity index (χ0) is 13.8. The lowest BCUT2D eigenvalue weighted by Gasteiger charge is -2.31. The lowest BCUT2D eigenvalue weighted by atomic mass is 10.1. The standard InChI is InChI=1S/C14H19ClN2O2/c1-2-17-7-3-4-11(9-17)19-14(18)12-6-5-10(16)8-13(12)15/h5-6,8,11H,2-4,7,9,16H2,1H3. The average molecular weight is 283 g/mol. The number of rotatable bonds is 3. The van der Waals surface area contributed by atoms with Crippen LogP contribution in [0.3, 0.4) is 0 Å². The number of likely N-dealkylation sites (N-methyl/N-ethyl adjacent to an activating group) is 1. The number of ether oxygens (including phenoxy) is 1. The van der Waals surface area contributed by atoms with E-state index in [0.717, 1.165) is 32.5 Å². The Hall–Kier alpha value is -1.26. The first-order valence-corrected chi connectivity index (χ1v) is 6.96. The number of carbonyl (C=O) groups excluding carboxylic acids is 1. The highest BCUT2D eigenvalue weighted by atomic mass is 35.5. The van der Waals surface area contributed by atoms with Gasteiger partial charge in [0.1, 0.15) is 6.10 Å². The summed E-state index contributed by atoms with van der Waals surface area (Å²) in [5, 5.41) is 0.341. The smallest absolute Gasteiger partial charge is 0.339 e. The van der Waals surface area contributed by atoms with E-state index < -0.39 is 0 Å². The Kier molecular flexibility index (Phi) is 4.66. The van der Waals surface area contributed by atoms with Gasteiger partial charge in [0.2, 0.25) is 0 Å². The van der Waals surface area contributed by atoms with Gasteiger partial charge in [-0.25, -0.2) is 4.79 Å². The molecule has 1 aliphatic heterocycles. The van der Waals surface area contributed by atoms with Crippen molar-refractivity contribution < 1.29 is 9.53 Å². The number of nitrogens with zero attached hydrogens (tertiary/aromatic N) is 1. The molecule has 1 heterocycles. The molecule has 0 saturated carbocycles. The van der Waals surface area contributed by atoms with Crippen molar-refractivity contribution in [2.75, 3.05) is 25.4 Å². The number of anilines is 1. The lowest BCUT2D eigenvalue weighted by Crippen LogP contribution is -2.40. The molecular formula is C14H19ClN2O2. The van der Waals surface area contributed by atoms with E-state index in [0.29, 0.717) is 16.3 Å². The van der Waals surface area contributed by atoms with Crippen molar-refractivity contribution in [1.82, 2.24) is 4.90 Å². The largest absolute Gasteiger partial charge is 0.457 e. The van der Waals surface area contributed by atoms with E-state index in [4.69, 9.17) is 22.1 Å². The van der Waals surface area contributed by atoms with Crippen molar-refractivity contribution in [2.45, 2.75) is 25.9 Å². The second kappa shape index (κ2) is 6.26. The highest BCUT2D eigenvalue weighted by molar-refractivity contribution is 6.33. The molecule has 1 aromatic rings. The summed E-state index contributed by atoms with van der Waals surface area (Å²) in [7, 11) is 0. The Morgan fingerprint density at radius 1 is 1.58 bits per heavy atom. The summed E-state index contributed by atoms with van der Waals surface area (Å²) >= 11 is 6.01. The second-order valence-electron chi connectivity index (χ2n) is 4.80. The number of esters is 1. The third kappa shape index (κ3) is 3.61. The molecule has 1 unspecified atom stereocenters. The van der Waals surface area contributed by atoms with Crippen LogP contribution in [-0.4, -0.2) is 36.6 Å². The Morgan fingerprint density at radius 3 is 3.05 bits per heavy atom. The van der Waals surface area contributed by atoms with Crippen LogP contribution in [0.25, 0.3) is 0 Å². The van der Waals surface area contributed by atoms with Crippen molar-refractivity contribution in [3.8, 4) is 0 Å². The number of piperidine rings is 1. The molecule has 1 fully saturated rings. The van der Waals surface area contributed by atoms with Crippen LogP contribution in [0.5, 0.6) is 0 Å². The predicted molar refractivity (Wildman–Crippen MR) is 76.4 cm³/mol. The van der Waals surface area contributed by atoms with Crippen LogP contribution in [0.15, 0.2) is 18.2 Å². The highest BCUT2D eigenvalue weighted by Crippen LogP contribution is 2.22. The van der Waals surface area contributed by atoms with Gasteiger partial charge in [-0.1, -0.05) is 18.5 Å². The lowest BCUT2D eigenvalue weighted by molar-refractivity contribution is 0.00777. The molecule has 0 amide bonds. The first-order chi connectivity index (χ1) is 9.10. The summed E-state index contributed by atoms with van der Waals surface area (Å²) in [5.74, 6) is -0.368. The molecule has 0 aromatic heterocycles. The molecule has 1 saturated heterocycles. The monoisotopic (exact) mass is 282 g/mol. The van der Waals surface area contributed by atoms with Gasteiger partial charge in [0.25, 0.3) is 0 Å². The topological polar surface area (TPSA) is 55.6 Å². The number of halogens is 1. The van der Waals surface area contributed by atoms with Crippen LogP contribution in [-0.2, 0) is 4.74 Å². The summed E-state index contributed by atoms with van der Waals surface area (Å²) in [6.07, 6.45) is 1.92. The van der Waals surface area contributed by atoms with Gasteiger partial charge >= 0.3 is 5.97 Å². The van der Waals surface area contributed by atoms with Gasteiger partial charge in [-0.2, -0.15) is 0 Å². The van der Waals surface area contributed by atoms with Crippen LogP contribution < -0.4 is 5.73 Å². The molecule has 0 spiro atoms. The summed E-state index contributed by atoms with van der Waals surface area (Å²) in [4.78, 5) is 14.4. The molecule has 0 aliphatic carbocycles. The molecule has 0 bridgehead atoms. The van der Waals surface area contributed by atoms with Crippen molar-refractivity contribution in [1.29, 1.82) is 0 Å². The Bertz CT molecular complexity index is 465. The van der Waals surface area contributed by atoms with Crippen LogP contribution in [0.4, 0.5) is 5.69 Å². The van der Waals surface area contributed by atoms with Gasteiger partial charge in [-0.3, -0.25) is 4.90 Å². The number of hydrogen-bond acceptors (Lipinski definition) is 4. The zero-order valence-electron chi connectivity index (χ0n) is 11.1. The van der Waals surface area contributed by atoms with Crippen molar-refractivity contribution in [3.05, 3.63) is 28.8 Å². The first-order valence-electron chi connectivity index (χ1n) is 6.58. The SMILES string of the molecule is CCN1CCCC(OC(=O)c2ccc(N)cc2Cl)C1. The second-order valence-corrected chi connectivity index (χ2v) is 5.21. The van der Waals surface area contributed by atoms with E-state index in [1.54, 1.807) is 18.2 Å². The van der Waals surface area contributed by atoms with Crippen LogP contribution in [0.1, 0.15) is 30.1 Å². The number of nitrogens with two attached hydrogens (primary N) is 1. The van der Waals surface area contributed by atoms with Gasteiger partial charge in [0, 0.05) is 12.2 Å². The van der Waals surface area contributed by atoms with Gasteiger partial charge < -0.3 is 10.5 Å². The molecule has 104 valence electrons. The fraction of sp³-hybridized carbons (Fsp3) is 0.500. The number of likely N-dealkylation sites (tertiary alicyclic amines) is 1. The molecule has 5 heteroatoms. The Labute approximate surface area is 118 Å². The number of carbonyl (C=O) groups is 1. The fourth-order valence-electron chi connectivity index (χ4n) is 2.31. The first kappa shape index (κ1) is 14.2. The van der Waals surface area contributed by atoms with E-state index in [1.807, 2.05) is 0 Å². The summed E-state index contributed by atoms with van der Waals surface area (Å²) < 4.78 is 5.52. The quantitative estimate of drug-likeness (QED) is 0.684. The van der Waals surface area contributed by atoms with Crippen LogP contribution in [0.2, 0.25) is 5.02 Å². The molecule has 19 heavy (non-hydrogen) atoms. The molecule has 4 nitrogen and oxygen atoms in total. The number of hydrogen-bond donors (Lipinski definition) is 1. The minimum atomic E-state index is -0.368. The summed E-state index contributed by atoms with van der Waals surface area (Å²) in [6, 6.07) is 4.83. The van der Waals surface area contributed by atoms with Crippen molar-refractivity contribution >= 4 is 23.3 Å². The average Bonchev–Trinajstić information content (AvgIpc) is 2.38. The van der Waals surface area contributed by atoms with Crippen molar-refractivity contribution in [2.24, 2.45) is 0 Å². The van der Waals surface area contributed by atoms with E-state index in [9.17, 15) is 4.79 Å². The minimum absolute atomic E-state index is 0.0465. The van der Waals surface area contributed by atoms with E-state index >= 15 is 0 Å². The minimum Gasteiger partial charge on any atom is -0.457 e. The Morgan fingerprint density at radius 2 is 2.37 bits per heavy atom. The molecule has 2 rings (SSSR count). The van der Waals surface area contributed by atoms with E-state index in [1.165, 1.54) is 0 Å². The normalized spacial score (nSPS) is 20.2. The molecule has 1 atom stereocenters. The molecule has 1 aliphatic rings. The maximum Gasteiger partial charge on any atom is 0.339 e.